The van der Waals surface area contributed by atoms with Gasteiger partial charge >= 0.3 is 0 Å². The molecular formula is C34H34ClN3O2. The molecule has 1 N–H and O–H groups in total. The summed E-state index contributed by atoms with van der Waals surface area (Å²) in [6.07, 6.45) is 3.72. The SMILES string of the molecule is CC(C)c1cccc(C2(c3nc4c(c(=O)[nH]3)CN(C(=O)Cc3cccc(-c5cccc(Cl)c5)c3)CCC4)CC2)c1. The molecule has 1 fully saturated rings. The summed E-state index contributed by atoms with van der Waals surface area (Å²) in [5.74, 6) is 1.23. The van der Waals surface area contributed by atoms with Crippen LogP contribution in [0, 0.1) is 0 Å². The Labute approximate surface area is 240 Å². The number of hydrogen-bond acceptors (Lipinski definition) is 3. The van der Waals surface area contributed by atoms with E-state index < -0.39 is 0 Å². The van der Waals surface area contributed by atoms with E-state index in [1.54, 1.807) is 0 Å². The summed E-state index contributed by atoms with van der Waals surface area (Å²) in [7, 11) is 0. The molecule has 40 heavy (non-hydrogen) atoms. The van der Waals surface area contributed by atoms with Crippen LogP contribution in [0.25, 0.3) is 11.1 Å². The molecule has 2 aliphatic rings. The number of rotatable bonds is 6. The van der Waals surface area contributed by atoms with Crippen molar-refractivity contribution in [1.82, 2.24) is 14.9 Å². The number of fused-ring (bicyclic) bond motifs is 1. The Hall–Kier alpha value is -3.70. The second-order valence-electron chi connectivity index (χ2n) is 11.5. The van der Waals surface area contributed by atoms with E-state index in [9.17, 15) is 9.59 Å². The van der Waals surface area contributed by atoms with Crippen LogP contribution >= 0.6 is 11.6 Å². The van der Waals surface area contributed by atoms with Gasteiger partial charge in [-0.2, -0.15) is 0 Å². The first-order valence-corrected chi connectivity index (χ1v) is 14.6. The lowest BCUT2D eigenvalue weighted by atomic mass is 9.90. The number of aromatic amines is 1. The van der Waals surface area contributed by atoms with Crippen LogP contribution < -0.4 is 5.56 Å². The van der Waals surface area contributed by atoms with Crippen LogP contribution in [0.2, 0.25) is 5.02 Å². The van der Waals surface area contributed by atoms with Gasteiger partial charge in [0, 0.05) is 11.6 Å². The van der Waals surface area contributed by atoms with Crippen molar-refractivity contribution in [2.24, 2.45) is 0 Å². The Balaban J connectivity index is 1.22. The Bertz CT molecular complexity index is 1640. The van der Waals surface area contributed by atoms with Gasteiger partial charge in [0.1, 0.15) is 5.82 Å². The molecule has 1 aliphatic carbocycles. The zero-order chi connectivity index (χ0) is 27.9. The average molecular weight is 552 g/mol. The Morgan fingerprint density at radius 1 is 1.02 bits per heavy atom. The largest absolute Gasteiger partial charge is 0.338 e. The zero-order valence-corrected chi connectivity index (χ0v) is 23.8. The van der Waals surface area contributed by atoms with Crippen molar-refractivity contribution in [3.05, 3.63) is 122 Å². The third-order valence-electron chi connectivity index (χ3n) is 8.39. The van der Waals surface area contributed by atoms with Crippen LogP contribution in [0.1, 0.15) is 72.8 Å². The molecule has 204 valence electrons. The number of nitrogens with zero attached hydrogens (tertiary/aromatic N) is 2. The molecule has 0 unspecified atom stereocenters. The predicted molar refractivity (Wildman–Crippen MR) is 160 cm³/mol. The number of carbonyl (C=O) groups excluding carboxylic acids is 1. The van der Waals surface area contributed by atoms with E-state index >= 15 is 0 Å². The monoisotopic (exact) mass is 551 g/mol. The zero-order valence-electron chi connectivity index (χ0n) is 23.0. The maximum atomic E-state index is 13.4. The molecule has 4 aromatic rings. The highest BCUT2D eigenvalue weighted by Crippen LogP contribution is 2.52. The molecule has 0 saturated heterocycles. The maximum absolute atomic E-state index is 13.4. The summed E-state index contributed by atoms with van der Waals surface area (Å²) in [6, 6.07) is 24.4. The summed E-state index contributed by atoms with van der Waals surface area (Å²) in [4.78, 5) is 36.8. The van der Waals surface area contributed by atoms with Crippen molar-refractivity contribution in [2.75, 3.05) is 6.54 Å². The van der Waals surface area contributed by atoms with E-state index in [4.69, 9.17) is 16.6 Å². The van der Waals surface area contributed by atoms with Crippen LogP contribution in [0.15, 0.2) is 77.6 Å². The van der Waals surface area contributed by atoms with Crippen molar-refractivity contribution in [2.45, 2.75) is 63.8 Å². The van der Waals surface area contributed by atoms with Gasteiger partial charge in [-0.05, 0) is 71.6 Å². The van der Waals surface area contributed by atoms with Gasteiger partial charge in [0.05, 0.1) is 29.6 Å². The molecule has 0 spiro atoms. The minimum absolute atomic E-state index is 0.0173. The maximum Gasteiger partial charge on any atom is 0.256 e. The van der Waals surface area contributed by atoms with Gasteiger partial charge in [0.25, 0.3) is 5.56 Å². The third kappa shape index (κ3) is 5.23. The first kappa shape index (κ1) is 26.5. The van der Waals surface area contributed by atoms with E-state index in [-0.39, 0.29) is 23.3 Å². The number of H-pyrrole nitrogens is 1. The molecule has 0 radical (unpaired) electrons. The van der Waals surface area contributed by atoms with Gasteiger partial charge in [-0.1, -0.05) is 86.1 Å². The van der Waals surface area contributed by atoms with E-state index in [2.05, 4.69) is 43.1 Å². The lowest BCUT2D eigenvalue weighted by Gasteiger charge is -2.21. The highest BCUT2D eigenvalue weighted by Gasteiger charge is 2.48. The lowest BCUT2D eigenvalue weighted by Crippen LogP contribution is -2.34. The fourth-order valence-corrected chi connectivity index (χ4v) is 6.05. The van der Waals surface area contributed by atoms with Gasteiger partial charge < -0.3 is 9.88 Å². The first-order chi connectivity index (χ1) is 19.3. The molecule has 1 aliphatic heterocycles. The minimum Gasteiger partial charge on any atom is -0.338 e. The fourth-order valence-electron chi connectivity index (χ4n) is 5.86. The molecule has 6 heteroatoms. The summed E-state index contributed by atoms with van der Waals surface area (Å²) in [5.41, 5.74) is 6.63. The number of hydrogen-bond donors (Lipinski definition) is 1. The third-order valence-corrected chi connectivity index (χ3v) is 8.63. The number of aromatic nitrogens is 2. The fraction of sp³-hybridized carbons (Fsp3) is 0.324. The predicted octanol–water partition coefficient (Wildman–Crippen LogP) is 6.81. The number of nitrogens with one attached hydrogen (secondary N) is 1. The van der Waals surface area contributed by atoms with Crippen molar-refractivity contribution in [3.8, 4) is 11.1 Å². The normalized spacial score (nSPS) is 15.9. The number of halogens is 1. The summed E-state index contributed by atoms with van der Waals surface area (Å²) >= 11 is 6.18. The van der Waals surface area contributed by atoms with Crippen LogP contribution in [0.3, 0.4) is 0 Å². The molecule has 6 rings (SSSR count). The Kier molecular flexibility index (Phi) is 7.09. The highest BCUT2D eigenvalue weighted by molar-refractivity contribution is 6.30. The average Bonchev–Trinajstić information content (AvgIpc) is 3.78. The van der Waals surface area contributed by atoms with Gasteiger partial charge in [0.15, 0.2) is 0 Å². The first-order valence-electron chi connectivity index (χ1n) is 14.2. The molecule has 2 heterocycles. The van der Waals surface area contributed by atoms with Crippen molar-refractivity contribution in [3.63, 3.8) is 0 Å². The molecule has 1 saturated carbocycles. The van der Waals surface area contributed by atoms with Crippen LogP contribution in [0.5, 0.6) is 0 Å². The van der Waals surface area contributed by atoms with Crippen LogP contribution in [-0.2, 0) is 29.6 Å². The van der Waals surface area contributed by atoms with E-state index in [0.29, 0.717) is 36.0 Å². The van der Waals surface area contributed by atoms with E-state index in [1.807, 2.05) is 53.4 Å². The van der Waals surface area contributed by atoms with Crippen molar-refractivity contribution in [1.29, 1.82) is 0 Å². The highest BCUT2D eigenvalue weighted by atomic mass is 35.5. The quantitative estimate of drug-likeness (QED) is 0.286. The van der Waals surface area contributed by atoms with Gasteiger partial charge in [-0.25, -0.2) is 4.98 Å². The summed E-state index contributed by atoms with van der Waals surface area (Å²) in [6.45, 7) is 5.30. The molecule has 3 aromatic carbocycles. The summed E-state index contributed by atoms with van der Waals surface area (Å²) in [5, 5.41) is 0.681. The van der Waals surface area contributed by atoms with Gasteiger partial charge in [0.2, 0.25) is 5.91 Å². The van der Waals surface area contributed by atoms with Gasteiger partial charge in [-0.3, -0.25) is 9.59 Å². The van der Waals surface area contributed by atoms with E-state index in [1.165, 1.54) is 11.1 Å². The molecule has 5 nitrogen and oxygen atoms in total. The van der Waals surface area contributed by atoms with Crippen LogP contribution in [-0.4, -0.2) is 27.3 Å². The lowest BCUT2D eigenvalue weighted by molar-refractivity contribution is -0.131. The Morgan fingerprint density at radius 3 is 2.52 bits per heavy atom. The molecule has 0 atom stereocenters. The van der Waals surface area contributed by atoms with E-state index in [0.717, 1.165) is 47.5 Å². The van der Waals surface area contributed by atoms with Crippen molar-refractivity contribution >= 4 is 17.5 Å². The minimum atomic E-state index is -0.213. The number of benzene rings is 3. The second kappa shape index (κ2) is 10.7. The van der Waals surface area contributed by atoms with Crippen molar-refractivity contribution < 1.29 is 4.79 Å². The standard InChI is InChI=1S/C34H34ClN3O2/c1-22(2)24-8-4-11-27(19-24)34(14-15-34)33-36-30-13-6-16-38(21-29(30)32(40)37-33)31(39)18-23-7-3-9-25(17-23)26-10-5-12-28(35)20-26/h3-5,7-12,17,19-20,22H,6,13-16,18,21H2,1-2H3,(H,36,37,40). The molecule has 1 aromatic heterocycles. The summed E-state index contributed by atoms with van der Waals surface area (Å²) < 4.78 is 0. The van der Waals surface area contributed by atoms with Crippen LogP contribution in [0.4, 0.5) is 0 Å². The molecular weight excluding hydrogens is 518 g/mol. The number of aryl methyl sites for hydroxylation is 1. The van der Waals surface area contributed by atoms with Gasteiger partial charge in [-0.15, -0.1) is 0 Å². The number of carbonyl (C=O) groups is 1. The second-order valence-corrected chi connectivity index (χ2v) is 11.9. The molecule has 0 bridgehead atoms. The topological polar surface area (TPSA) is 66.1 Å². The Morgan fingerprint density at radius 2 is 1.77 bits per heavy atom. The smallest absolute Gasteiger partial charge is 0.256 e. The number of amides is 1. The molecule has 1 amide bonds.